The lowest BCUT2D eigenvalue weighted by atomic mass is 10.0. The molecule has 1 aromatic heterocycles. The Morgan fingerprint density at radius 3 is 2.32 bits per heavy atom. The van der Waals surface area contributed by atoms with E-state index in [-0.39, 0.29) is 51.5 Å². The fourth-order valence-electron chi connectivity index (χ4n) is 5.86. The van der Waals surface area contributed by atoms with Crippen LogP contribution in [0, 0.1) is 15.9 Å². The molecule has 3 aromatic carbocycles. The molecule has 1 aliphatic rings. The number of nitrogens with zero attached hydrogens (tertiary/aromatic N) is 5. The van der Waals surface area contributed by atoms with Gasteiger partial charge >= 0.3 is 5.97 Å². The van der Waals surface area contributed by atoms with Crippen LogP contribution in [0.15, 0.2) is 70.5 Å². The summed E-state index contributed by atoms with van der Waals surface area (Å²) >= 11 is 0. The second-order valence-corrected chi connectivity index (χ2v) is 13.0. The Labute approximate surface area is 270 Å². The van der Waals surface area contributed by atoms with Gasteiger partial charge in [0.05, 0.1) is 40.4 Å². The standard InChI is InChI=1S/C32H34FN5O8S/c1-5-46-32(40)25-19-34(2)29-23(31(25)39)18-26(33)30(37-16-14-36(15-17-37)27-8-6-7-9-28(27)45-4)24(29)20-35(3)47(43,44)22-12-10-21(11-13-22)38(41)42/h6-13,18-19H,5,14-17,20H2,1-4H3. The van der Waals surface area contributed by atoms with Gasteiger partial charge in [-0.2, -0.15) is 4.31 Å². The number of esters is 1. The monoisotopic (exact) mass is 667 g/mol. The number of aryl methyl sites for hydroxylation is 1. The number of carbonyl (C=O) groups is 1. The number of ether oxygens (including phenoxy) is 2. The largest absolute Gasteiger partial charge is 0.495 e. The van der Waals surface area contributed by atoms with Crippen LogP contribution in [0.4, 0.5) is 21.5 Å². The second-order valence-electron chi connectivity index (χ2n) is 10.9. The first kappa shape index (κ1) is 33.3. The van der Waals surface area contributed by atoms with E-state index in [9.17, 15) is 28.1 Å². The molecule has 248 valence electrons. The first-order valence-electron chi connectivity index (χ1n) is 14.7. The van der Waals surface area contributed by atoms with E-state index in [4.69, 9.17) is 9.47 Å². The number of pyridine rings is 1. The van der Waals surface area contributed by atoms with E-state index < -0.39 is 32.2 Å². The number of rotatable bonds is 10. The van der Waals surface area contributed by atoms with Crippen molar-refractivity contribution in [2.24, 2.45) is 7.05 Å². The van der Waals surface area contributed by atoms with Crippen LogP contribution >= 0.6 is 0 Å². The number of piperazine rings is 1. The predicted molar refractivity (Wildman–Crippen MR) is 174 cm³/mol. The van der Waals surface area contributed by atoms with Gasteiger partial charge in [0, 0.05) is 76.1 Å². The summed E-state index contributed by atoms with van der Waals surface area (Å²) in [4.78, 5) is 40.3. The number of hydrogen-bond acceptors (Lipinski definition) is 10. The molecule has 0 radical (unpaired) electrons. The van der Waals surface area contributed by atoms with Crippen LogP contribution in [0.3, 0.4) is 0 Å². The molecule has 1 aliphatic heterocycles. The van der Waals surface area contributed by atoms with Crippen molar-refractivity contribution in [1.82, 2.24) is 8.87 Å². The number of methoxy groups -OCH3 is 1. The Kier molecular flexibility index (Phi) is 9.49. The van der Waals surface area contributed by atoms with Crippen molar-refractivity contribution in [3.05, 3.63) is 98.1 Å². The number of carbonyl (C=O) groups excluding carboxylic acids is 1. The summed E-state index contributed by atoms with van der Waals surface area (Å²) in [5.74, 6) is -0.909. The molecule has 0 spiro atoms. The van der Waals surface area contributed by atoms with Gasteiger partial charge in [-0.3, -0.25) is 14.9 Å². The normalized spacial score (nSPS) is 13.7. The number of nitro groups is 1. The topological polar surface area (TPSA) is 145 Å². The van der Waals surface area contributed by atoms with Crippen LogP contribution in [0.25, 0.3) is 10.9 Å². The highest BCUT2D eigenvalue weighted by Crippen LogP contribution is 2.36. The van der Waals surface area contributed by atoms with Gasteiger partial charge in [0.1, 0.15) is 17.1 Å². The molecule has 0 bridgehead atoms. The lowest BCUT2D eigenvalue weighted by Gasteiger charge is -2.39. The Morgan fingerprint density at radius 2 is 1.70 bits per heavy atom. The van der Waals surface area contributed by atoms with E-state index in [1.54, 1.807) is 21.1 Å². The van der Waals surface area contributed by atoms with Crippen molar-refractivity contribution >= 4 is 44.0 Å². The highest BCUT2D eigenvalue weighted by atomic mass is 32.2. The average Bonchev–Trinajstić information content (AvgIpc) is 3.06. The SMILES string of the molecule is CCOC(=O)c1cn(C)c2c(CN(C)S(=O)(=O)c3ccc([N+](=O)[O-])cc3)c(N3CCN(c4ccccc4OC)CC3)c(F)cc2c1=O. The zero-order valence-electron chi connectivity index (χ0n) is 26.3. The van der Waals surface area contributed by atoms with Gasteiger partial charge in [0.15, 0.2) is 0 Å². The third-order valence-electron chi connectivity index (χ3n) is 8.14. The molecule has 0 aliphatic carbocycles. The quantitative estimate of drug-likeness (QED) is 0.139. The molecule has 0 saturated carbocycles. The minimum atomic E-state index is -4.23. The molecule has 1 fully saturated rings. The van der Waals surface area contributed by atoms with Gasteiger partial charge in [-0.15, -0.1) is 0 Å². The second kappa shape index (κ2) is 13.4. The Balaban J connectivity index is 1.61. The number of benzene rings is 3. The minimum absolute atomic E-state index is 0.0324. The molecular weight excluding hydrogens is 633 g/mol. The van der Waals surface area contributed by atoms with E-state index in [1.807, 2.05) is 29.2 Å². The van der Waals surface area contributed by atoms with Crippen molar-refractivity contribution in [2.45, 2.75) is 18.4 Å². The number of hydrogen-bond donors (Lipinski definition) is 0. The maximum atomic E-state index is 16.3. The Bertz CT molecular complexity index is 2010. The van der Waals surface area contributed by atoms with Gasteiger partial charge in [-0.25, -0.2) is 17.6 Å². The van der Waals surface area contributed by atoms with Gasteiger partial charge in [-0.1, -0.05) is 12.1 Å². The summed E-state index contributed by atoms with van der Waals surface area (Å²) in [7, 11) is 0.252. The molecule has 15 heteroatoms. The van der Waals surface area contributed by atoms with Crippen LogP contribution in [-0.2, 0) is 28.4 Å². The van der Waals surface area contributed by atoms with Crippen LogP contribution < -0.4 is 20.0 Å². The van der Waals surface area contributed by atoms with E-state index in [0.717, 1.165) is 40.3 Å². The number of sulfonamides is 1. The number of aromatic nitrogens is 1. The van der Waals surface area contributed by atoms with E-state index in [2.05, 4.69) is 4.90 Å². The Hall–Kier alpha value is -5.02. The van der Waals surface area contributed by atoms with Crippen LogP contribution in [0.1, 0.15) is 22.8 Å². The van der Waals surface area contributed by atoms with Crippen molar-refractivity contribution in [1.29, 1.82) is 0 Å². The van der Waals surface area contributed by atoms with E-state index >= 15 is 4.39 Å². The molecular formula is C32H34FN5O8S. The third-order valence-corrected chi connectivity index (χ3v) is 9.96. The molecule has 2 heterocycles. The fourth-order valence-corrected chi connectivity index (χ4v) is 6.99. The smallest absolute Gasteiger partial charge is 0.343 e. The molecule has 47 heavy (non-hydrogen) atoms. The third kappa shape index (κ3) is 6.36. The summed E-state index contributed by atoms with van der Waals surface area (Å²) in [6.07, 6.45) is 1.30. The number of halogens is 1. The highest BCUT2D eigenvalue weighted by molar-refractivity contribution is 7.89. The average molecular weight is 668 g/mol. The highest BCUT2D eigenvalue weighted by Gasteiger charge is 2.30. The first-order chi connectivity index (χ1) is 22.4. The van der Waals surface area contributed by atoms with E-state index in [1.165, 1.54) is 17.8 Å². The molecule has 0 atom stereocenters. The van der Waals surface area contributed by atoms with Crippen LogP contribution in [0.5, 0.6) is 5.75 Å². The molecule has 5 rings (SSSR count). The van der Waals surface area contributed by atoms with Crippen molar-refractivity contribution < 1.29 is 32.0 Å². The fraction of sp³-hybridized carbons (Fsp3) is 0.312. The van der Waals surface area contributed by atoms with Crippen molar-refractivity contribution in [2.75, 3.05) is 56.7 Å². The molecule has 1 saturated heterocycles. The predicted octanol–water partition coefficient (Wildman–Crippen LogP) is 3.92. The molecule has 0 unspecified atom stereocenters. The summed E-state index contributed by atoms with van der Waals surface area (Å²) in [6.45, 7) is 2.99. The molecule has 4 aromatic rings. The number of fused-ring (bicyclic) bond motifs is 1. The van der Waals surface area contributed by atoms with Crippen molar-refractivity contribution in [3.8, 4) is 5.75 Å². The maximum absolute atomic E-state index is 16.3. The zero-order valence-corrected chi connectivity index (χ0v) is 27.1. The molecule has 0 N–H and O–H groups in total. The number of nitro benzene ring substituents is 1. The van der Waals surface area contributed by atoms with Gasteiger partial charge in [0.25, 0.3) is 5.69 Å². The minimum Gasteiger partial charge on any atom is -0.495 e. The summed E-state index contributed by atoms with van der Waals surface area (Å²) < 4.78 is 56.7. The van der Waals surface area contributed by atoms with E-state index in [0.29, 0.717) is 31.9 Å². The van der Waals surface area contributed by atoms with Crippen LogP contribution in [0.2, 0.25) is 0 Å². The summed E-state index contributed by atoms with van der Waals surface area (Å²) in [6, 6.07) is 13.1. The van der Waals surface area contributed by atoms with Gasteiger partial charge in [-0.05, 0) is 37.3 Å². The number of para-hydroxylation sites is 2. The number of anilines is 2. The zero-order chi connectivity index (χ0) is 34.0. The molecule has 13 nitrogen and oxygen atoms in total. The maximum Gasteiger partial charge on any atom is 0.343 e. The Morgan fingerprint density at radius 1 is 1.06 bits per heavy atom. The summed E-state index contributed by atoms with van der Waals surface area (Å²) in [5, 5.41) is 11.0. The first-order valence-corrected chi connectivity index (χ1v) is 16.2. The lowest BCUT2D eigenvalue weighted by Crippen LogP contribution is -2.47. The lowest BCUT2D eigenvalue weighted by molar-refractivity contribution is -0.384. The van der Waals surface area contributed by atoms with Crippen LogP contribution in [-0.4, -0.2) is 75.1 Å². The van der Waals surface area contributed by atoms with Gasteiger partial charge < -0.3 is 23.8 Å². The van der Waals surface area contributed by atoms with Crippen molar-refractivity contribution in [3.63, 3.8) is 0 Å². The molecule has 0 amide bonds. The number of non-ortho nitro benzene ring substituents is 1. The summed E-state index contributed by atoms with van der Waals surface area (Å²) in [5.41, 5.74) is 0.177. The van der Waals surface area contributed by atoms with Gasteiger partial charge in [0.2, 0.25) is 15.5 Å².